The van der Waals surface area contributed by atoms with Crippen molar-refractivity contribution in [1.82, 2.24) is 4.90 Å². The van der Waals surface area contributed by atoms with Crippen LogP contribution in [0.3, 0.4) is 0 Å². The fourth-order valence-electron chi connectivity index (χ4n) is 2.27. The third-order valence-electron chi connectivity index (χ3n) is 3.59. The van der Waals surface area contributed by atoms with Gasteiger partial charge in [0.2, 0.25) is 5.91 Å². The van der Waals surface area contributed by atoms with Gasteiger partial charge in [-0.05, 0) is 31.5 Å². The predicted molar refractivity (Wildman–Crippen MR) is 79.6 cm³/mol. The van der Waals surface area contributed by atoms with E-state index >= 15 is 0 Å². The fourth-order valence-corrected chi connectivity index (χ4v) is 2.27. The number of hydrogen-bond acceptors (Lipinski definition) is 4. The van der Waals surface area contributed by atoms with E-state index in [-0.39, 0.29) is 30.4 Å². The number of hydrogen-bond donors (Lipinski definition) is 2. The molecule has 1 aliphatic rings. The van der Waals surface area contributed by atoms with Crippen molar-refractivity contribution in [2.24, 2.45) is 5.73 Å². The molecule has 21 heavy (non-hydrogen) atoms. The fraction of sp³-hybridized carbons (Fsp3) is 0.533. The third-order valence-corrected chi connectivity index (χ3v) is 3.59. The van der Waals surface area contributed by atoms with Crippen LogP contribution in [0.15, 0.2) is 18.2 Å². The van der Waals surface area contributed by atoms with Crippen LogP contribution in [-0.2, 0) is 9.53 Å². The second kappa shape index (κ2) is 6.98. The van der Waals surface area contributed by atoms with Crippen LogP contribution in [0.5, 0.6) is 0 Å². The van der Waals surface area contributed by atoms with Gasteiger partial charge in [0.05, 0.1) is 19.3 Å². The molecule has 0 bridgehead atoms. The van der Waals surface area contributed by atoms with E-state index in [1.165, 1.54) is 6.07 Å². The highest BCUT2D eigenvalue weighted by molar-refractivity contribution is 5.92. The number of nitrogens with zero attached hydrogens (tertiary/aromatic N) is 1. The van der Waals surface area contributed by atoms with Gasteiger partial charge in [0, 0.05) is 24.8 Å². The maximum absolute atomic E-state index is 13.4. The molecule has 1 aromatic carbocycles. The normalized spacial score (nSPS) is 21.0. The summed E-state index contributed by atoms with van der Waals surface area (Å²) in [7, 11) is 0. The minimum Gasteiger partial charge on any atom is -0.374 e. The summed E-state index contributed by atoms with van der Waals surface area (Å²) < 4.78 is 19.0. The average Bonchev–Trinajstić information content (AvgIpc) is 2.43. The first kappa shape index (κ1) is 15.9. The van der Waals surface area contributed by atoms with E-state index in [0.717, 1.165) is 0 Å². The molecule has 0 spiro atoms. The SMILES string of the molecule is Cc1ccc(NC(=O)CN2CCOC(C(C)N)C2)cc1F. The molecular weight excluding hydrogens is 273 g/mol. The molecule has 2 rings (SSSR count). The molecule has 0 radical (unpaired) electrons. The number of nitrogens with two attached hydrogens (primary N) is 1. The lowest BCUT2D eigenvalue weighted by molar-refractivity contribution is -0.119. The van der Waals surface area contributed by atoms with E-state index < -0.39 is 0 Å². The summed E-state index contributed by atoms with van der Waals surface area (Å²) in [5.74, 6) is -0.486. The van der Waals surface area contributed by atoms with Crippen LogP contribution in [-0.4, -0.2) is 49.2 Å². The highest BCUT2D eigenvalue weighted by Crippen LogP contribution is 2.14. The molecule has 2 unspecified atom stereocenters. The smallest absolute Gasteiger partial charge is 0.238 e. The van der Waals surface area contributed by atoms with Crippen molar-refractivity contribution < 1.29 is 13.9 Å². The van der Waals surface area contributed by atoms with Gasteiger partial charge in [-0.15, -0.1) is 0 Å². The standard InChI is InChI=1S/C15H22FN3O2/c1-10-3-4-12(7-13(10)16)18-15(20)9-19-5-6-21-14(8-19)11(2)17/h3-4,7,11,14H,5-6,8-9,17H2,1-2H3,(H,18,20). The zero-order valence-corrected chi connectivity index (χ0v) is 12.4. The molecule has 0 aromatic heterocycles. The van der Waals surface area contributed by atoms with Crippen molar-refractivity contribution in [2.45, 2.75) is 26.0 Å². The van der Waals surface area contributed by atoms with Crippen LogP contribution < -0.4 is 11.1 Å². The van der Waals surface area contributed by atoms with E-state index in [2.05, 4.69) is 5.32 Å². The summed E-state index contributed by atoms with van der Waals surface area (Å²) in [6.45, 7) is 5.72. The van der Waals surface area contributed by atoms with Crippen LogP contribution in [0.1, 0.15) is 12.5 Å². The second-order valence-corrected chi connectivity index (χ2v) is 5.52. The Hall–Kier alpha value is -1.50. The Balaban J connectivity index is 1.87. The molecular formula is C15H22FN3O2. The summed E-state index contributed by atoms with van der Waals surface area (Å²) in [4.78, 5) is 14.0. The van der Waals surface area contributed by atoms with Crippen molar-refractivity contribution in [3.05, 3.63) is 29.6 Å². The Bertz CT molecular complexity index is 508. The van der Waals surface area contributed by atoms with E-state index in [9.17, 15) is 9.18 Å². The van der Waals surface area contributed by atoms with Crippen LogP contribution in [0.2, 0.25) is 0 Å². The minimum absolute atomic E-state index is 0.0524. The Morgan fingerprint density at radius 3 is 3.05 bits per heavy atom. The summed E-state index contributed by atoms with van der Waals surface area (Å²) in [6, 6.07) is 4.60. The molecule has 1 aliphatic heterocycles. The number of morpholine rings is 1. The zero-order valence-electron chi connectivity index (χ0n) is 12.4. The molecule has 1 saturated heterocycles. The molecule has 5 nitrogen and oxygen atoms in total. The van der Waals surface area contributed by atoms with Crippen molar-refractivity contribution in [3.63, 3.8) is 0 Å². The number of carbonyl (C=O) groups excluding carboxylic acids is 1. The van der Waals surface area contributed by atoms with Gasteiger partial charge in [-0.25, -0.2) is 4.39 Å². The lowest BCUT2D eigenvalue weighted by Gasteiger charge is -2.34. The number of carbonyl (C=O) groups is 1. The van der Waals surface area contributed by atoms with Gasteiger partial charge in [-0.2, -0.15) is 0 Å². The first-order valence-corrected chi connectivity index (χ1v) is 7.11. The van der Waals surface area contributed by atoms with Gasteiger partial charge in [-0.1, -0.05) is 6.07 Å². The number of ether oxygens (including phenoxy) is 1. The summed E-state index contributed by atoms with van der Waals surface area (Å²) in [5.41, 5.74) is 6.85. The first-order valence-electron chi connectivity index (χ1n) is 7.11. The number of halogens is 1. The average molecular weight is 295 g/mol. The van der Waals surface area contributed by atoms with E-state index in [1.807, 2.05) is 11.8 Å². The monoisotopic (exact) mass is 295 g/mol. The predicted octanol–water partition coefficient (Wildman–Crippen LogP) is 1.12. The van der Waals surface area contributed by atoms with Gasteiger partial charge >= 0.3 is 0 Å². The second-order valence-electron chi connectivity index (χ2n) is 5.52. The number of rotatable bonds is 4. The Morgan fingerprint density at radius 1 is 1.62 bits per heavy atom. The van der Waals surface area contributed by atoms with Crippen LogP contribution >= 0.6 is 0 Å². The largest absolute Gasteiger partial charge is 0.374 e. The molecule has 6 heteroatoms. The van der Waals surface area contributed by atoms with Gasteiger partial charge < -0.3 is 15.8 Å². The topological polar surface area (TPSA) is 67.6 Å². The van der Waals surface area contributed by atoms with Crippen molar-refractivity contribution >= 4 is 11.6 Å². The van der Waals surface area contributed by atoms with E-state index in [4.69, 9.17) is 10.5 Å². The number of anilines is 1. The minimum atomic E-state index is -0.323. The summed E-state index contributed by atoms with van der Waals surface area (Å²) in [5, 5.41) is 2.71. The quantitative estimate of drug-likeness (QED) is 0.873. The van der Waals surface area contributed by atoms with Gasteiger partial charge in [-0.3, -0.25) is 9.69 Å². The van der Waals surface area contributed by atoms with Crippen molar-refractivity contribution in [3.8, 4) is 0 Å². The molecule has 1 fully saturated rings. The number of amides is 1. The third kappa shape index (κ3) is 4.49. The zero-order chi connectivity index (χ0) is 15.4. The molecule has 2 atom stereocenters. The Labute approximate surface area is 124 Å². The maximum atomic E-state index is 13.4. The molecule has 3 N–H and O–H groups in total. The van der Waals surface area contributed by atoms with Crippen LogP contribution in [0.4, 0.5) is 10.1 Å². The highest BCUT2D eigenvalue weighted by Gasteiger charge is 2.24. The maximum Gasteiger partial charge on any atom is 0.238 e. The molecule has 1 amide bonds. The molecule has 1 heterocycles. The lowest BCUT2D eigenvalue weighted by atomic mass is 10.1. The highest BCUT2D eigenvalue weighted by atomic mass is 19.1. The number of aryl methyl sites for hydroxylation is 1. The van der Waals surface area contributed by atoms with Gasteiger partial charge in [0.25, 0.3) is 0 Å². The van der Waals surface area contributed by atoms with Crippen molar-refractivity contribution in [2.75, 3.05) is 31.6 Å². The van der Waals surface area contributed by atoms with Crippen molar-refractivity contribution in [1.29, 1.82) is 0 Å². The van der Waals surface area contributed by atoms with Crippen LogP contribution in [0, 0.1) is 12.7 Å². The molecule has 1 aromatic rings. The summed E-state index contributed by atoms with van der Waals surface area (Å²) in [6.07, 6.45) is -0.0524. The van der Waals surface area contributed by atoms with Crippen LogP contribution in [0.25, 0.3) is 0 Å². The first-order chi connectivity index (χ1) is 9.95. The molecule has 0 saturated carbocycles. The Morgan fingerprint density at radius 2 is 2.38 bits per heavy atom. The summed E-state index contributed by atoms with van der Waals surface area (Å²) >= 11 is 0. The molecule has 0 aliphatic carbocycles. The number of benzene rings is 1. The van der Waals surface area contributed by atoms with E-state index in [1.54, 1.807) is 19.1 Å². The number of nitrogens with one attached hydrogen (secondary N) is 1. The molecule has 116 valence electrons. The van der Waals surface area contributed by atoms with Gasteiger partial charge in [0.15, 0.2) is 0 Å². The van der Waals surface area contributed by atoms with Gasteiger partial charge in [0.1, 0.15) is 5.82 Å². The lowest BCUT2D eigenvalue weighted by Crippen LogP contribution is -2.51. The Kier molecular flexibility index (Phi) is 5.27. The van der Waals surface area contributed by atoms with E-state index in [0.29, 0.717) is 30.9 Å².